The lowest BCUT2D eigenvalue weighted by Gasteiger charge is -2.23. The van der Waals surface area contributed by atoms with E-state index in [0.717, 1.165) is 5.56 Å². The van der Waals surface area contributed by atoms with Crippen LogP contribution in [0, 0.1) is 0 Å². The van der Waals surface area contributed by atoms with Crippen LogP contribution in [0.1, 0.15) is 18.0 Å². The van der Waals surface area contributed by atoms with Crippen LogP contribution in [0.15, 0.2) is 24.3 Å². The Bertz CT molecular complexity index is 391. The quantitative estimate of drug-likeness (QED) is 0.656. The molecule has 1 aromatic rings. The predicted octanol–water partition coefficient (Wildman–Crippen LogP) is 0.499. The Balaban J connectivity index is 2.34. The van der Waals surface area contributed by atoms with Gasteiger partial charge in [-0.05, 0) is 17.7 Å². The van der Waals surface area contributed by atoms with Gasteiger partial charge in [-0.25, -0.2) is 0 Å². The van der Waals surface area contributed by atoms with Crippen LogP contribution in [0.5, 0.6) is 0 Å². The van der Waals surface area contributed by atoms with Gasteiger partial charge in [-0.3, -0.25) is 4.79 Å². The molecule has 1 saturated heterocycles. The molecule has 1 heterocycles. The first kappa shape index (κ1) is 9.98. The van der Waals surface area contributed by atoms with Crippen molar-refractivity contribution in [2.75, 3.05) is 12.8 Å². The van der Waals surface area contributed by atoms with Crippen molar-refractivity contribution in [1.82, 2.24) is 4.90 Å². The van der Waals surface area contributed by atoms with Gasteiger partial charge in [-0.1, -0.05) is 12.1 Å². The Morgan fingerprint density at radius 2 is 2.20 bits per heavy atom. The number of nitrogen functional groups attached to an aromatic ring is 1. The molecule has 1 fully saturated rings. The van der Waals surface area contributed by atoms with Crippen molar-refractivity contribution in [1.29, 1.82) is 0 Å². The minimum absolute atomic E-state index is 0.0407. The highest BCUT2D eigenvalue weighted by molar-refractivity contribution is 5.80. The van der Waals surface area contributed by atoms with E-state index in [2.05, 4.69) is 0 Å². The number of nitrogens with two attached hydrogens (primary N) is 2. The Morgan fingerprint density at radius 3 is 2.73 bits per heavy atom. The Morgan fingerprint density at radius 1 is 1.47 bits per heavy atom. The number of carbonyl (C=O) groups excluding carboxylic acids is 1. The molecule has 2 unspecified atom stereocenters. The molecule has 0 saturated carbocycles. The largest absolute Gasteiger partial charge is 0.399 e. The second-order valence-corrected chi connectivity index (χ2v) is 3.99. The second-order valence-electron chi connectivity index (χ2n) is 3.99. The number of nitrogens with zero attached hydrogens (tertiary/aromatic N) is 1. The summed E-state index contributed by atoms with van der Waals surface area (Å²) in [7, 11) is 1.78. The molecule has 0 spiro atoms. The topological polar surface area (TPSA) is 72.3 Å². The number of benzene rings is 1. The van der Waals surface area contributed by atoms with Crippen molar-refractivity contribution in [3.63, 3.8) is 0 Å². The summed E-state index contributed by atoms with van der Waals surface area (Å²) >= 11 is 0. The van der Waals surface area contributed by atoms with Crippen molar-refractivity contribution >= 4 is 11.6 Å². The van der Waals surface area contributed by atoms with Gasteiger partial charge in [-0.2, -0.15) is 0 Å². The lowest BCUT2D eigenvalue weighted by atomic mass is 10.0. The number of likely N-dealkylation sites (N-methyl/N-ethyl adjacent to an activating group) is 1. The fraction of sp³-hybridized carbons (Fsp3) is 0.364. The summed E-state index contributed by atoms with van der Waals surface area (Å²) in [5.74, 6) is 0.0925. The SMILES string of the molecule is CN1C(=O)CC(N)C1c1cccc(N)c1. The molecule has 0 radical (unpaired) electrons. The Kier molecular flexibility index (Phi) is 2.36. The minimum Gasteiger partial charge on any atom is -0.399 e. The van der Waals surface area contributed by atoms with Crippen LogP contribution in [0.25, 0.3) is 0 Å². The van der Waals surface area contributed by atoms with Gasteiger partial charge in [0.2, 0.25) is 5.91 Å². The molecule has 4 nitrogen and oxygen atoms in total. The van der Waals surface area contributed by atoms with Crippen LogP contribution in [0.3, 0.4) is 0 Å². The van der Waals surface area contributed by atoms with Crippen molar-refractivity contribution in [2.45, 2.75) is 18.5 Å². The molecular weight excluding hydrogens is 190 g/mol. The van der Waals surface area contributed by atoms with Crippen molar-refractivity contribution in [3.8, 4) is 0 Å². The second kappa shape index (κ2) is 3.55. The predicted molar refractivity (Wildman–Crippen MR) is 59.0 cm³/mol. The lowest BCUT2D eigenvalue weighted by molar-refractivity contribution is -0.127. The van der Waals surface area contributed by atoms with Gasteiger partial charge in [0.15, 0.2) is 0 Å². The van der Waals surface area contributed by atoms with Crippen LogP contribution >= 0.6 is 0 Å². The third-order valence-corrected chi connectivity index (χ3v) is 2.88. The first-order chi connectivity index (χ1) is 7.09. The van der Waals surface area contributed by atoms with Crippen LogP contribution in [-0.4, -0.2) is 23.9 Å². The molecule has 0 bridgehead atoms. The van der Waals surface area contributed by atoms with Crippen LogP contribution in [0.4, 0.5) is 5.69 Å². The molecule has 4 heteroatoms. The third-order valence-electron chi connectivity index (χ3n) is 2.88. The van der Waals surface area contributed by atoms with Gasteiger partial charge in [0.1, 0.15) is 0 Å². The highest BCUT2D eigenvalue weighted by Crippen LogP contribution is 2.31. The normalized spacial score (nSPS) is 26.0. The molecule has 2 atom stereocenters. The van der Waals surface area contributed by atoms with Crippen molar-refractivity contribution in [3.05, 3.63) is 29.8 Å². The maximum atomic E-state index is 11.5. The molecule has 1 amide bonds. The van der Waals surface area contributed by atoms with E-state index in [1.54, 1.807) is 11.9 Å². The lowest BCUT2D eigenvalue weighted by Crippen LogP contribution is -2.30. The summed E-state index contributed by atoms with van der Waals surface area (Å²) in [5.41, 5.74) is 13.4. The highest BCUT2D eigenvalue weighted by atomic mass is 16.2. The standard InChI is InChI=1S/C11H15N3O/c1-14-10(15)6-9(13)11(14)7-3-2-4-8(12)5-7/h2-5,9,11H,6,12-13H2,1H3. The summed E-state index contributed by atoms with van der Waals surface area (Å²) in [6.07, 6.45) is 0.413. The Labute approximate surface area is 88.9 Å². The van der Waals surface area contributed by atoms with Gasteiger partial charge in [0.25, 0.3) is 0 Å². The minimum atomic E-state index is -0.135. The molecule has 0 aromatic heterocycles. The first-order valence-corrected chi connectivity index (χ1v) is 4.96. The fourth-order valence-corrected chi connectivity index (χ4v) is 2.11. The number of rotatable bonds is 1. The maximum absolute atomic E-state index is 11.5. The molecule has 1 aliphatic rings. The van der Waals surface area contributed by atoms with Gasteiger partial charge < -0.3 is 16.4 Å². The number of hydrogen-bond donors (Lipinski definition) is 2. The van der Waals surface area contributed by atoms with Crippen LogP contribution in [0.2, 0.25) is 0 Å². The summed E-state index contributed by atoms with van der Waals surface area (Å²) in [5, 5.41) is 0. The average Bonchev–Trinajstić information content (AvgIpc) is 2.41. The van der Waals surface area contributed by atoms with E-state index in [9.17, 15) is 4.79 Å². The molecular formula is C11H15N3O. The summed E-state index contributed by atoms with van der Waals surface area (Å²) in [4.78, 5) is 13.2. The fourth-order valence-electron chi connectivity index (χ4n) is 2.11. The van der Waals surface area contributed by atoms with E-state index in [0.29, 0.717) is 12.1 Å². The van der Waals surface area contributed by atoms with Gasteiger partial charge in [-0.15, -0.1) is 0 Å². The maximum Gasteiger partial charge on any atom is 0.224 e. The molecule has 80 valence electrons. The zero-order chi connectivity index (χ0) is 11.0. The molecule has 2 rings (SSSR count). The van der Waals surface area contributed by atoms with E-state index < -0.39 is 0 Å². The number of hydrogen-bond acceptors (Lipinski definition) is 3. The average molecular weight is 205 g/mol. The molecule has 15 heavy (non-hydrogen) atoms. The number of anilines is 1. The number of carbonyl (C=O) groups is 1. The monoisotopic (exact) mass is 205 g/mol. The summed E-state index contributed by atoms with van der Waals surface area (Å²) in [6.45, 7) is 0. The molecule has 0 aliphatic carbocycles. The number of likely N-dealkylation sites (tertiary alicyclic amines) is 1. The first-order valence-electron chi connectivity index (χ1n) is 4.96. The van der Waals surface area contributed by atoms with Crippen molar-refractivity contribution < 1.29 is 4.79 Å². The number of amides is 1. The summed E-state index contributed by atoms with van der Waals surface area (Å²) in [6, 6.07) is 7.36. The van der Waals surface area contributed by atoms with Crippen molar-refractivity contribution in [2.24, 2.45) is 5.73 Å². The molecule has 1 aromatic carbocycles. The zero-order valence-electron chi connectivity index (χ0n) is 8.68. The van der Waals surface area contributed by atoms with E-state index in [1.807, 2.05) is 24.3 Å². The van der Waals surface area contributed by atoms with E-state index in [4.69, 9.17) is 11.5 Å². The van der Waals surface area contributed by atoms with E-state index in [-0.39, 0.29) is 18.0 Å². The third kappa shape index (κ3) is 1.68. The van der Waals surface area contributed by atoms with Crippen LogP contribution in [-0.2, 0) is 4.79 Å². The van der Waals surface area contributed by atoms with E-state index in [1.165, 1.54) is 0 Å². The zero-order valence-corrected chi connectivity index (χ0v) is 8.68. The smallest absolute Gasteiger partial charge is 0.224 e. The van der Waals surface area contributed by atoms with Gasteiger partial charge >= 0.3 is 0 Å². The van der Waals surface area contributed by atoms with Gasteiger partial charge in [0.05, 0.1) is 6.04 Å². The Hall–Kier alpha value is -1.55. The van der Waals surface area contributed by atoms with Gasteiger partial charge in [0, 0.05) is 25.2 Å². The van der Waals surface area contributed by atoms with Crippen LogP contribution < -0.4 is 11.5 Å². The molecule has 1 aliphatic heterocycles. The summed E-state index contributed by atoms with van der Waals surface area (Å²) < 4.78 is 0. The van der Waals surface area contributed by atoms with E-state index >= 15 is 0 Å². The highest BCUT2D eigenvalue weighted by Gasteiger charge is 2.35. The molecule has 4 N–H and O–H groups in total.